The normalized spacial score (nSPS) is 11.9. The summed E-state index contributed by atoms with van der Waals surface area (Å²) in [6.07, 6.45) is 0.556. The second-order valence-electron chi connectivity index (χ2n) is 3.31. The third-order valence-corrected chi connectivity index (χ3v) is 4.27. The Labute approximate surface area is 113 Å². The van der Waals surface area contributed by atoms with Crippen molar-refractivity contribution >= 4 is 31.4 Å². The molecule has 18 heavy (non-hydrogen) atoms. The van der Waals surface area contributed by atoms with Crippen molar-refractivity contribution in [1.29, 1.82) is 0 Å². The van der Waals surface area contributed by atoms with Crippen LogP contribution in [0.3, 0.4) is 0 Å². The van der Waals surface area contributed by atoms with Gasteiger partial charge in [-0.3, -0.25) is 4.52 Å². The summed E-state index contributed by atoms with van der Waals surface area (Å²) in [5.74, 6) is 0.284. The molecule has 0 saturated carbocycles. The Morgan fingerprint density at radius 1 is 1.33 bits per heavy atom. The van der Waals surface area contributed by atoms with Gasteiger partial charge in [0.2, 0.25) is 0 Å². The molecule has 0 amide bonds. The van der Waals surface area contributed by atoms with Gasteiger partial charge in [0.05, 0.1) is 0 Å². The molecule has 1 rings (SSSR count). The lowest BCUT2D eigenvalue weighted by Crippen LogP contribution is -2.12. The molecular weight excluding hydrogens is 295 g/mol. The molecule has 0 radical (unpaired) electrons. The van der Waals surface area contributed by atoms with Gasteiger partial charge in [-0.2, -0.15) is 21.0 Å². The van der Waals surface area contributed by atoms with Crippen LogP contribution in [0.15, 0.2) is 23.1 Å². The van der Waals surface area contributed by atoms with Crippen LogP contribution in [0.25, 0.3) is 0 Å². The van der Waals surface area contributed by atoms with E-state index in [4.69, 9.17) is 0 Å². The zero-order valence-corrected chi connectivity index (χ0v) is 12.3. The molecule has 0 unspecified atom stereocenters. The maximum absolute atomic E-state index is 12.0. The molecule has 0 aliphatic heterocycles. The summed E-state index contributed by atoms with van der Waals surface area (Å²) >= 11 is 4.10. The predicted octanol–water partition coefficient (Wildman–Crippen LogP) is 2.56. The highest BCUT2D eigenvalue weighted by Gasteiger charge is 2.22. The lowest BCUT2D eigenvalue weighted by Gasteiger charge is -2.12. The van der Waals surface area contributed by atoms with Crippen molar-refractivity contribution in [3.05, 3.63) is 29.3 Å². The van der Waals surface area contributed by atoms with Crippen LogP contribution in [0, 0.1) is 0 Å². The molecule has 0 heterocycles. The first-order chi connectivity index (χ1) is 8.56. The largest absolute Gasteiger partial charge is 0.329 e. The minimum absolute atomic E-state index is 0.119. The van der Waals surface area contributed by atoms with Crippen molar-refractivity contribution in [1.82, 2.24) is 0 Å². The number of benzene rings is 1. The van der Waals surface area contributed by atoms with Crippen LogP contribution >= 0.6 is 21.3 Å². The number of hydrogen-bond acceptors (Lipinski definition) is 6. The Morgan fingerprint density at radius 3 is 2.56 bits per heavy atom. The molecule has 0 aliphatic carbocycles. The number of aryl methyl sites for hydroxylation is 1. The number of rotatable bonds is 7. The van der Waals surface area contributed by atoms with Crippen LogP contribution in [-0.4, -0.2) is 15.2 Å². The first-order valence-electron chi connectivity index (χ1n) is 5.12. The standard InChI is InChI=1S/C10H13O5PS2/c1-2-8-4-3-5-9(6-17)10(8)18(12,13)15-7-14-16-11/h3-5,17H,2,6-7H2,1H3. The Morgan fingerprint density at radius 2 is 2.00 bits per heavy atom. The molecule has 100 valence electrons. The lowest BCUT2D eigenvalue weighted by atomic mass is 10.1. The maximum atomic E-state index is 12.0. The molecule has 0 N–H and O–H groups in total. The van der Waals surface area contributed by atoms with Crippen LogP contribution < -0.4 is 0 Å². The summed E-state index contributed by atoms with van der Waals surface area (Å²) in [4.78, 5) is 0.119. The molecule has 5 nitrogen and oxygen atoms in total. The fourth-order valence-electron chi connectivity index (χ4n) is 1.53. The molecule has 0 fully saturated rings. The first kappa shape index (κ1) is 15.6. The Kier molecular flexibility index (Phi) is 6.25. The second kappa shape index (κ2) is 7.21. The highest BCUT2D eigenvalue weighted by atomic mass is 32.2. The van der Waals surface area contributed by atoms with Crippen molar-refractivity contribution in [2.24, 2.45) is 0 Å². The molecule has 1 aromatic carbocycles. The highest BCUT2D eigenvalue weighted by molar-refractivity contribution is 7.87. The van der Waals surface area contributed by atoms with Crippen LogP contribution in [0.2, 0.25) is 0 Å². The third kappa shape index (κ3) is 3.76. The monoisotopic (exact) mass is 308 g/mol. The van der Waals surface area contributed by atoms with Gasteiger partial charge in [-0.1, -0.05) is 25.1 Å². The molecular formula is C10H13O5PS2. The van der Waals surface area contributed by atoms with Gasteiger partial charge in [0, 0.05) is 5.75 Å². The fraction of sp³-hybridized carbons (Fsp3) is 0.400. The van der Waals surface area contributed by atoms with Crippen molar-refractivity contribution < 1.29 is 21.7 Å². The molecule has 8 heteroatoms. The van der Waals surface area contributed by atoms with Crippen LogP contribution in [0.5, 0.6) is 0 Å². The minimum atomic E-state index is -3.94. The first-order valence-corrected chi connectivity index (χ1v) is 7.89. The molecule has 0 atom stereocenters. The Bertz CT molecular complexity index is 493. The van der Waals surface area contributed by atoms with E-state index in [1.54, 1.807) is 18.2 Å². The topological polar surface area (TPSA) is 69.7 Å². The number of hydrogen-bond donors (Lipinski definition) is 1. The summed E-state index contributed by atoms with van der Waals surface area (Å²) in [5.41, 5.74) is 1.22. The quantitative estimate of drug-likeness (QED) is 0.276. The number of thiol groups is 1. The molecule has 1 aromatic rings. The zero-order chi connectivity index (χ0) is 13.6. The van der Waals surface area contributed by atoms with Gasteiger partial charge in [0.25, 0.3) is 10.1 Å². The lowest BCUT2D eigenvalue weighted by molar-refractivity contribution is 0.139. The van der Waals surface area contributed by atoms with Crippen molar-refractivity contribution in [3.8, 4) is 0 Å². The summed E-state index contributed by atoms with van der Waals surface area (Å²) in [6.45, 7) is 1.26. The van der Waals surface area contributed by atoms with E-state index in [9.17, 15) is 13.0 Å². The average molecular weight is 308 g/mol. The fourth-order valence-corrected chi connectivity index (χ4v) is 3.35. The smallest absolute Gasteiger partial charge is 0.265 e. The van der Waals surface area contributed by atoms with Gasteiger partial charge in [0.15, 0.2) is 6.79 Å². The van der Waals surface area contributed by atoms with Crippen molar-refractivity contribution in [3.63, 3.8) is 0 Å². The van der Waals surface area contributed by atoms with Gasteiger partial charge in [-0.15, -0.1) is 0 Å². The zero-order valence-electron chi connectivity index (χ0n) is 9.70. The van der Waals surface area contributed by atoms with Gasteiger partial charge >= 0.3 is 8.69 Å². The van der Waals surface area contributed by atoms with E-state index in [2.05, 4.69) is 21.3 Å². The van der Waals surface area contributed by atoms with Gasteiger partial charge < -0.3 is 0 Å². The molecule has 0 aliphatic rings. The molecule has 0 saturated heterocycles. The second-order valence-corrected chi connectivity index (χ2v) is 5.59. The van der Waals surface area contributed by atoms with Crippen molar-refractivity contribution in [2.45, 2.75) is 24.0 Å². The van der Waals surface area contributed by atoms with E-state index in [0.29, 0.717) is 17.5 Å². The van der Waals surface area contributed by atoms with E-state index >= 15 is 0 Å². The van der Waals surface area contributed by atoms with E-state index in [1.807, 2.05) is 6.92 Å². The molecule has 0 aromatic heterocycles. The Hall–Kier alpha value is -0.460. The van der Waals surface area contributed by atoms with E-state index in [0.717, 1.165) is 0 Å². The predicted molar refractivity (Wildman–Crippen MR) is 70.3 cm³/mol. The van der Waals surface area contributed by atoms with E-state index in [-0.39, 0.29) is 10.6 Å². The summed E-state index contributed by atoms with van der Waals surface area (Å²) in [7, 11) is -4.56. The van der Waals surface area contributed by atoms with E-state index < -0.39 is 25.6 Å². The SMILES string of the molecule is CCc1cccc(CS)c1S(=O)(=O)OCOP=O. The summed E-state index contributed by atoms with van der Waals surface area (Å²) in [6, 6.07) is 5.17. The van der Waals surface area contributed by atoms with Gasteiger partial charge in [-0.05, 0) is 17.5 Å². The third-order valence-electron chi connectivity index (χ3n) is 2.29. The van der Waals surface area contributed by atoms with Gasteiger partial charge in [0.1, 0.15) is 4.90 Å². The average Bonchev–Trinajstić information content (AvgIpc) is 2.37. The van der Waals surface area contributed by atoms with E-state index in [1.165, 1.54) is 0 Å². The van der Waals surface area contributed by atoms with Crippen LogP contribution in [0.1, 0.15) is 18.1 Å². The van der Waals surface area contributed by atoms with Gasteiger partial charge in [-0.25, -0.2) is 8.75 Å². The van der Waals surface area contributed by atoms with Crippen LogP contribution in [0.4, 0.5) is 0 Å². The van der Waals surface area contributed by atoms with Crippen LogP contribution in [-0.2, 0) is 35.6 Å². The summed E-state index contributed by atoms with van der Waals surface area (Å²) in [5, 5.41) is 0. The molecule has 0 bridgehead atoms. The minimum Gasteiger partial charge on any atom is -0.265 e. The Balaban J connectivity index is 3.17. The summed E-state index contributed by atoms with van der Waals surface area (Å²) < 4.78 is 43.1. The highest BCUT2D eigenvalue weighted by Crippen LogP contribution is 2.25. The van der Waals surface area contributed by atoms with Crippen molar-refractivity contribution in [2.75, 3.05) is 6.79 Å². The molecule has 0 spiro atoms. The maximum Gasteiger partial charge on any atom is 0.329 e.